The minimum Gasteiger partial charge on any atom is -0.321 e. The predicted octanol–water partition coefficient (Wildman–Crippen LogP) is -0.570. The smallest absolute Gasteiger partial charge is 0.279 e. The summed E-state index contributed by atoms with van der Waals surface area (Å²) in [6.07, 6.45) is 1.81. The van der Waals surface area contributed by atoms with Gasteiger partial charge < -0.3 is 19.7 Å². The summed E-state index contributed by atoms with van der Waals surface area (Å²) in [4.78, 5) is 15.2. The van der Waals surface area contributed by atoms with Crippen molar-refractivity contribution in [2.75, 3.05) is 38.0 Å². The molecule has 1 aromatic carbocycles. The highest BCUT2D eigenvalue weighted by molar-refractivity contribution is 7.71. The highest BCUT2D eigenvalue weighted by Gasteiger charge is 2.25. The van der Waals surface area contributed by atoms with Crippen LogP contribution in [-0.2, 0) is 18.0 Å². The quantitative estimate of drug-likeness (QED) is 0.579. The van der Waals surface area contributed by atoms with Crippen molar-refractivity contribution < 1.29 is 14.6 Å². The largest absolute Gasteiger partial charge is 0.321 e. The van der Waals surface area contributed by atoms with Gasteiger partial charge in [0.1, 0.15) is 32.5 Å². The van der Waals surface area contributed by atoms with Gasteiger partial charge in [0.15, 0.2) is 13.2 Å². The maximum Gasteiger partial charge on any atom is 0.279 e. The summed E-state index contributed by atoms with van der Waals surface area (Å²) < 4.78 is 4.67. The Labute approximate surface area is 165 Å². The molecule has 146 valence electrons. The molecule has 0 spiro atoms. The highest BCUT2D eigenvalue weighted by Crippen LogP contribution is 2.17. The zero-order chi connectivity index (χ0) is 19.4. The van der Waals surface area contributed by atoms with Crippen LogP contribution in [0.3, 0.4) is 0 Å². The second kappa shape index (κ2) is 8.77. The number of amides is 1. The fourth-order valence-electron chi connectivity index (χ4n) is 3.51. The molecule has 2 heterocycles. The molecule has 1 aliphatic rings. The number of hydrogen-bond donors (Lipinski definition) is 3. The van der Waals surface area contributed by atoms with E-state index in [0.717, 1.165) is 55.4 Å². The van der Waals surface area contributed by atoms with Gasteiger partial charge in [0, 0.05) is 12.2 Å². The average Bonchev–Trinajstić information content (AvgIpc) is 3.00. The SMILES string of the molecule is CCn1cnn(C[NH+]2CC[NH+](CC(=O)Nc3cccc(C)c3C)CC2)c1=S. The number of nitrogens with zero attached hydrogens (tertiary/aromatic N) is 3. The van der Waals surface area contributed by atoms with Gasteiger partial charge in [-0.3, -0.25) is 4.79 Å². The zero-order valence-electron chi connectivity index (χ0n) is 16.4. The van der Waals surface area contributed by atoms with Gasteiger partial charge >= 0.3 is 0 Å². The summed E-state index contributed by atoms with van der Waals surface area (Å²) >= 11 is 5.45. The van der Waals surface area contributed by atoms with E-state index in [1.807, 2.05) is 28.3 Å². The molecule has 0 bridgehead atoms. The molecule has 1 aromatic heterocycles. The van der Waals surface area contributed by atoms with Crippen molar-refractivity contribution in [1.29, 1.82) is 0 Å². The molecule has 2 aromatic rings. The van der Waals surface area contributed by atoms with Crippen LogP contribution in [0.2, 0.25) is 0 Å². The number of aryl methyl sites for hydroxylation is 2. The van der Waals surface area contributed by atoms with Crippen LogP contribution in [0, 0.1) is 18.6 Å². The van der Waals surface area contributed by atoms with Crippen LogP contribution in [-0.4, -0.2) is 53.0 Å². The number of carbonyl (C=O) groups excluding carboxylic acids is 1. The molecule has 0 radical (unpaired) electrons. The van der Waals surface area contributed by atoms with Crippen molar-refractivity contribution in [3.8, 4) is 0 Å². The molecule has 7 nitrogen and oxygen atoms in total. The van der Waals surface area contributed by atoms with Crippen molar-refractivity contribution in [3.05, 3.63) is 40.4 Å². The number of piperazine rings is 1. The van der Waals surface area contributed by atoms with Crippen LogP contribution < -0.4 is 15.1 Å². The molecule has 0 atom stereocenters. The molecule has 27 heavy (non-hydrogen) atoms. The number of nitrogens with one attached hydrogen (secondary N) is 3. The Morgan fingerprint density at radius 2 is 1.93 bits per heavy atom. The Hall–Kier alpha value is -2.03. The lowest BCUT2D eigenvalue weighted by molar-refractivity contribution is -1.02. The van der Waals surface area contributed by atoms with Crippen LogP contribution in [0.15, 0.2) is 24.5 Å². The summed E-state index contributed by atoms with van der Waals surface area (Å²) in [6.45, 7) is 12.4. The van der Waals surface area contributed by atoms with E-state index < -0.39 is 0 Å². The molecular formula is C19H30N6OS+2. The van der Waals surface area contributed by atoms with Gasteiger partial charge in [-0.25, -0.2) is 0 Å². The molecular weight excluding hydrogens is 360 g/mol. The van der Waals surface area contributed by atoms with E-state index >= 15 is 0 Å². The number of anilines is 1. The van der Waals surface area contributed by atoms with Crippen molar-refractivity contribution >= 4 is 23.8 Å². The predicted molar refractivity (Wildman–Crippen MR) is 108 cm³/mol. The summed E-state index contributed by atoms with van der Waals surface area (Å²) in [5.41, 5.74) is 3.25. The normalized spacial score (nSPS) is 19.8. The Bertz CT molecular complexity index is 850. The second-order valence-electron chi connectivity index (χ2n) is 7.33. The first kappa shape index (κ1) is 19.7. The fourth-order valence-corrected chi connectivity index (χ4v) is 3.80. The maximum absolute atomic E-state index is 12.4. The molecule has 1 amide bonds. The first-order valence-corrected chi connectivity index (χ1v) is 10.0. The van der Waals surface area contributed by atoms with E-state index in [9.17, 15) is 4.79 Å². The summed E-state index contributed by atoms with van der Waals surface area (Å²) in [5, 5.41) is 7.46. The number of benzene rings is 1. The van der Waals surface area contributed by atoms with Crippen LogP contribution in [0.25, 0.3) is 0 Å². The lowest BCUT2D eigenvalue weighted by atomic mass is 10.1. The second-order valence-corrected chi connectivity index (χ2v) is 7.69. The number of quaternary nitrogens is 2. The van der Waals surface area contributed by atoms with Gasteiger partial charge in [0.05, 0.1) is 0 Å². The molecule has 3 rings (SSSR count). The van der Waals surface area contributed by atoms with Crippen molar-refractivity contribution in [3.63, 3.8) is 0 Å². The van der Waals surface area contributed by atoms with E-state index in [1.54, 1.807) is 6.33 Å². The average molecular weight is 391 g/mol. The van der Waals surface area contributed by atoms with E-state index in [-0.39, 0.29) is 5.91 Å². The summed E-state index contributed by atoms with van der Waals surface area (Å²) in [5.74, 6) is 0.0889. The maximum atomic E-state index is 12.4. The van der Waals surface area contributed by atoms with Crippen LogP contribution >= 0.6 is 12.2 Å². The topological polar surface area (TPSA) is 60.7 Å². The third-order valence-electron chi connectivity index (χ3n) is 5.46. The fraction of sp³-hybridized carbons (Fsp3) is 0.526. The molecule has 1 saturated heterocycles. The van der Waals surface area contributed by atoms with E-state index in [0.29, 0.717) is 6.54 Å². The Balaban J connectivity index is 1.47. The minimum absolute atomic E-state index is 0.0889. The Morgan fingerprint density at radius 1 is 1.22 bits per heavy atom. The van der Waals surface area contributed by atoms with Gasteiger partial charge in [-0.15, -0.1) is 0 Å². The minimum atomic E-state index is 0.0889. The lowest BCUT2D eigenvalue weighted by Crippen LogP contribution is -3.28. The van der Waals surface area contributed by atoms with E-state index in [4.69, 9.17) is 12.2 Å². The Kier molecular flexibility index (Phi) is 6.41. The van der Waals surface area contributed by atoms with Crippen molar-refractivity contribution in [2.45, 2.75) is 34.0 Å². The lowest BCUT2D eigenvalue weighted by Gasteiger charge is -2.29. The first-order valence-electron chi connectivity index (χ1n) is 9.63. The van der Waals surface area contributed by atoms with Crippen LogP contribution in [0.5, 0.6) is 0 Å². The van der Waals surface area contributed by atoms with Crippen molar-refractivity contribution in [2.24, 2.45) is 0 Å². The van der Waals surface area contributed by atoms with E-state index in [2.05, 4.69) is 30.3 Å². The van der Waals surface area contributed by atoms with Crippen molar-refractivity contribution in [1.82, 2.24) is 14.3 Å². The molecule has 1 fully saturated rings. The zero-order valence-corrected chi connectivity index (χ0v) is 17.2. The third-order valence-corrected chi connectivity index (χ3v) is 5.91. The van der Waals surface area contributed by atoms with Crippen LogP contribution in [0.4, 0.5) is 5.69 Å². The number of aromatic nitrogens is 3. The molecule has 0 aliphatic carbocycles. The van der Waals surface area contributed by atoms with Gasteiger partial charge in [-0.2, -0.15) is 9.78 Å². The van der Waals surface area contributed by atoms with Crippen LogP contribution in [0.1, 0.15) is 18.1 Å². The van der Waals surface area contributed by atoms with E-state index in [1.165, 1.54) is 15.4 Å². The molecule has 0 unspecified atom stereocenters. The summed E-state index contributed by atoms with van der Waals surface area (Å²) in [7, 11) is 0. The standard InChI is InChI=1S/C19H28N6OS/c1-4-24-13-20-25(19(24)27)14-23-10-8-22(9-11-23)12-18(26)21-17-7-5-6-15(2)16(17)3/h5-7,13H,4,8-12,14H2,1-3H3,(H,21,26)/p+2. The number of carbonyl (C=O) groups is 1. The van der Waals surface area contributed by atoms with Gasteiger partial charge in [0.2, 0.25) is 4.77 Å². The van der Waals surface area contributed by atoms with Gasteiger partial charge in [-0.1, -0.05) is 12.1 Å². The molecule has 3 N–H and O–H groups in total. The monoisotopic (exact) mass is 390 g/mol. The molecule has 1 aliphatic heterocycles. The molecule has 8 heteroatoms. The third kappa shape index (κ3) is 4.82. The number of hydrogen-bond acceptors (Lipinski definition) is 3. The highest BCUT2D eigenvalue weighted by atomic mass is 32.1. The molecule has 0 saturated carbocycles. The van der Waals surface area contributed by atoms with Gasteiger partial charge in [-0.05, 0) is 50.2 Å². The summed E-state index contributed by atoms with van der Waals surface area (Å²) in [6, 6.07) is 6.02. The Morgan fingerprint density at radius 3 is 2.59 bits per heavy atom. The van der Waals surface area contributed by atoms with Gasteiger partial charge in [0.25, 0.3) is 5.91 Å². The first-order chi connectivity index (χ1) is 13.0. The number of rotatable bonds is 6.